The predicted octanol–water partition coefficient (Wildman–Crippen LogP) is 0.359. The molecule has 3 heteroatoms. The number of rotatable bonds is 2. The molecular weight excluding hydrogens is 164 g/mol. The van der Waals surface area contributed by atoms with Gasteiger partial charge < -0.3 is 5.11 Å². The van der Waals surface area contributed by atoms with Crippen LogP contribution in [0.4, 0.5) is 0 Å². The molecule has 1 aliphatic rings. The summed E-state index contributed by atoms with van der Waals surface area (Å²) < 4.78 is 0. The highest BCUT2D eigenvalue weighted by Crippen LogP contribution is 2.22. The maximum atomic E-state index is 9.73. The lowest BCUT2D eigenvalue weighted by molar-refractivity contribution is 0.101. The molecule has 3 nitrogen and oxygen atoms in total. The van der Waals surface area contributed by atoms with E-state index in [1.807, 2.05) is 6.92 Å². The van der Waals surface area contributed by atoms with E-state index in [2.05, 4.69) is 16.9 Å². The molecule has 1 aliphatic heterocycles. The minimum absolute atomic E-state index is 0.187. The van der Waals surface area contributed by atoms with Gasteiger partial charge in [-0.05, 0) is 6.92 Å². The van der Waals surface area contributed by atoms with Crippen LogP contribution in [0.3, 0.4) is 0 Å². The van der Waals surface area contributed by atoms with E-state index in [1.54, 1.807) is 0 Å². The van der Waals surface area contributed by atoms with Gasteiger partial charge in [0.25, 0.3) is 0 Å². The summed E-state index contributed by atoms with van der Waals surface area (Å²) in [7, 11) is 0. The molecule has 1 rings (SSSR count). The Kier molecular flexibility index (Phi) is 2.93. The molecule has 0 aliphatic carbocycles. The summed E-state index contributed by atoms with van der Waals surface area (Å²) in [6.45, 7) is 3.25. The van der Waals surface area contributed by atoms with Gasteiger partial charge in [0.2, 0.25) is 0 Å². The molecule has 0 aromatic heterocycles. The SMILES string of the molecule is C#CC1(O)CCN(C(C)CC#N)C1. The third-order valence-electron chi connectivity index (χ3n) is 2.56. The average molecular weight is 178 g/mol. The molecule has 1 saturated heterocycles. The monoisotopic (exact) mass is 178 g/mol. The first kappa shape index (κ1) is 10.1. The van der Waals surface area contributed by atoms with Crippen LogP contribution in [0.2, 0.25) is 0 Å². The number of aliphatic hydroxyl groups is 1. The van der Waals surface area contributed by atoms with Crippen LogP contribution < -0.4 is 0 Å². The highest BCUT2D eigenvalue weighted by molar-refractivity contribution is 5.12. The molecule has 0 amide bonds. The Hall–Kier alpha value is -1.03. The van der Waals surface area contributed by atoms with Crippen molar-refractivity contribution in [3.8, 4) is 18.4 Å². The zero-order valence-electron chi connectivity index (χ0n) is 7.82. The van der Waals surface area contributed by atoms with Crippen molar-refractivity contribution < 1.29 is 5.11 Å². The van der Waals surface area contributed by atoms with Crippen LogP contribution in [0, 0.1) is 23.7 Å². The second-order valence-electron chi connectivity index (χ2n) is 3.61. The van der Waals surface area contributed by atoms with Crippen molar-refractivity contribution in [3.63, 3.8) is 0 Å². The standard InChI is InChI=1S/C10H14N2O/c1-3-10(13)5-7-12(8-10)9(2)4-6-11/h1,9,13H,4-5,7-8H2,2H3. The lowest BCUT2D eigenvalue weighted by Gasteiger charge is -2.22. The van der Waals surface area contributed by atoms with E-state index in [1.165, 1.54) is 0 Å². The fourth-order valence-corrected chi connectivity index (χ4v) is 1.58. The Morgan fingerprint density at radius 3 is 2.92 bits per heavy atom. The van der Waals surface area contributed by atoms with Gasteiger partial charge in [0.1, 0.15) is 5.60 Å². The Morgan fingerprint density at radius 2 is 2.46 bits per heavy atom. The molecule has 0 radical (unpaired) electrons. The third-order valence-corrected chi connectivity index (χ3v) is 2.56. The van der Waals surface area contributed by atoms with Crippen molar-refractivity contribution in [1.82, 2.24) is 4.90 Å². The van der Waals surface area contributed by atoms with Gasteiger partial charge in [-0.1, -0.05) is 5.92 Å². The maximum absolute atomic E-state index is 9.73. The van der Waals surface area contributed by atoms with Gasteiger partial charge in [-0.3, -0.25) is 4.90 Å². The fraction of sp³-hybridized carbons (Fsp3) is 0.700. The van der Waals surface area contributed by atoms with E-state index in [0.29, 0.717) is 19.4 Å². The highest BCUT2D eigenvalue weighted by Gasteiger charge is 2.35. The van der Waals surface area contributed by atoms with Crippen molar-refractivity contribution in [2.24, 2.45) is 0 Å². The molecular formula is C10H14N2O. The predicted molar refractivity (Wildman–Crippen MR) is 49.7 cm³/mol. The number of hydrogen-bond donors (Lipinski definition) is 1. The quantitative estimate of drug-likeness (QED) is 0.621. The van der Waals surface area contributed by atoms with E-state index < -0.39 is 5.60 Å². The number of terminal acetylenes is 1. The summed E-state index contributed by atoms with van der Waals surface area (Å²) in [6.07, 6.45) is 6.31. The smallest absolute Gasteiger partial charge is 0.139 e. The molecule has 0 saturated carbocycles. The Morgan fingerprint density at radius 1 is 1.77 bits per heavy atom. The molecule has 2 atom stereocenters. The highest BCUT2D eigenvalue weighted by atomic mass is 16.3. The number of hydrogen-bond acceptors (Lipinski definition) is 3. The number of β-amino-alcohol motifs (C(OH)–C–C–N with tert-alkyl or cyclic N) is 1. The van der Waals surface area contributed by atoms with Gasteiger partial charge in [-0.15, -0.1) is 6.42 Å². The van der Waals surface area contributed by atoms with Gasteiger partial charge in [0.15, 0.2) is 0 Å². The molecule has 13 heavy (non-hydrogen) atoms. The topological polar surface area (TPSA) is 47.3 Å². The molecule has 1 fully saturated rings. The van der Waals surface area contributed by atoms with Crippen LogP contribution in [0.25, 0.3) is 0 Å². The van der Waals surface area contributed by atoms with Gasteiger partial charge in [-0.25, -0.2) is 0 Å². The summed E-state index contributed by atoms with van der Waals surface area (Å²) in [5.41, 5.74) is -0.969. The summed E-state index contributed by atoms with van der Waals surface area (Å²) >= 11 is 0. The lowest BCUT2D eigenvalue weighted by Crippen LogP contribution is -2.36. The normalized spacial score (nSPS) is 30.8. The maximum Gasteiger partial charge on any atom is 0.139 e. The van der Waals surface area contributed by atoms with E-state index >= 15 is 0 Å². The first-order chi connectivity index (χ1) is 6.11. The van der Waals surface area contributed by atoms with Gasteiger partial charge >= 0.3 is 0 Å². The molecule has 0 bridgehead atoms. The summed E-state index contributed by atoms with van der Waals surface area (Å²) in [4.78, 5) is 2.06. The van der Waals surface area contributed by atoms with Crippen LogP contribution in [0.15, 0.2) is 0 Å². The minimum atomic E-state index is -0.969. The second kappa shape index (κ2) is 3.79. The molecule has 1 heterocycles. The first-order valence-electron chi connectivity index (χ1n) is 4.42. The van der Waals surface area contributed by atoms with E-state index in [-0.39, 0.29) is 6.04 Å². The molecule has 0 aromatic carbocycles. The van der Waals surface area contributed by atoms with Crippen LogP contribution in [0.5, 0.6) is 0 Å². The molecule has 0 spiro atoms. The van der Waals surface area contributed by atoms with Gasteiger partial charge in [0, 0.05) is 25.6 Å². The first-order valence-corrected chi connectivity index (χ1v) is 4.42. The minimum Gasteiger partial charge on any atom is -0.376 e. The van der Waals surface area contributed by atoms with Crippen molar-refractivity contribution >= 4 is 0 Å². The average Bonchev–Trinajstić information content (AvgIpc) is 2.50. The van der Waals surface area contributed by atoms with Gasteiger partial charge in [0.05, 0.1) is 12.5 Å². The summed E-state index contributed by atoms with van der Waals surface area (Å²) in [6, 6.07) is 2.30. The molecule has 70 valence electrons. The summed E-state index contributed by atoms with van der Waals surface area (Å²) in [5.74, 6) is 2.40. The number of nitrogens with zero attached hydrogens (tertiary/aromatic N) is 2. The third kappa shape index (κ3) is 2.21. The number of nitriles is 1. The van der Waals surface area contributed by atoms with Crippen molar-refractivity contribution in [2.75, 3.05) is 13.1 Å². The van der Waals surface area contributed by atoms with E-state index in [4.69, 9.17) is 11.7 Å². The van der Waals surface area contributed by atoms with Gasteiger partial charge in [-0.2, -0.15) is 5.26 Å². The lowest BCUT2D eigenvalue weighted by atomic mass is 10.1. The zero-order valence-corrected chi connectivity index (χ0v) is 7.82. The largest absolute Gasteiger partial charge is 0.376 e. The Balaban J connectivity index is 2.52. The summed E-state index contributed by atoms with van der Waals surface area (Å²) in [5, 5.41) is 18.2. The number of likely N-dealkylation sites (tertiary alicyclic amines) is 1. The van der Waals surface area contributed by atoms with Crippen molar-refractivity contribution in [2.45, 2.75) is 31.4 Å². The van der Waals surface area contributed by atoms with Crippen LogP contribution in [-0.2, 0) is 0 Å². The van der Waals surface area contributed by atoms with Crippen molar-refractivity contribution in [1.29, 1.82) is 5.26 Å². The molecule has 2 unspecified atom stereocenters. The van der Waals surface area contributed by atoms with E-state index in [9.17, 15) is 5.11 Å². The zero-order chi connectivity index (χ0) is 9.90. The molecule has 0 aromatic rings. The second-order valence-corrected chi connectivity index (χ2v) is 3.61. The fourth-order valence-electron chi connectivity index (χ4n) is 1.58. The Labute approximate surface area is 79.0 Å². The Bertz CT molecular complexity index is 263. The van der Waals surface area contributed by atoms with Crippen LogP contribution in [0.1, 0.15) is 19.8 Å². The van der Waals surface area contributed by atoms with E-state index in [0.717, 1.165) is 6.54 Å². The van der Waals surface area contributed by atoms with Crippen LogP contribution in [-0.4, -0.2) is 34.7 Å². The molecule has 1 N–H and O–H groups in total. The van der Waals surface area contributed by atoms with Crippen molar-refractivity contribution in [3.05, 3.63) is 0 Å². The van der Waals surface area contributed by atoms with Crippen LogP contribution >= 0.6 is 0 Å².